The summed E-state index contributed by atoms with van der Waals surface area (Å²) < 4.78 is 79.6. The number of benzene rings is 2. The van der Waals surface area contributed by atoms with Gasteiger partial charge < -0.3 is 15.1 Å². The van der Waals surface area contributed by atoms with Gasteiger partial charge in [0.25, 0.3) is 0 Å². The minimum Gasteiger partial charge on any atom is -0.332 e. The predicted octanol–water partition coefficient (Wildman–Crippen LogP) is 7.65. The van der Waals surface area contributed by atoms with Crippen LogP contribution >= 0.6 is 11.3 Å². The number of nitrogens with zero attached hydrogens (tertiary/aromatic N) is 2. The first-order chi connectivity index (χ1) is 18.3. The highest BCUT2D eigenvalue weighted by molar-refractivity contribution is 7.09. The molecule has 0 radical (unpaired) electrons. The molecule has 2 aromatic carbocycles. The molecule has 0 fully saturated rings. The lowest BCUT2D eigenvalue weighted by molar-refractivity contribution is -0.143. The Kier molecular flexibility index (Phi) is 9.65. The van der Waals surface area contributed by atoms with E-state index in [4.69, 9.17) is 0 Å². The fourth-order valence-corrected chi connectivity index (χ4v) is 4.46. The molecule has 1 atom stereocenters. The molecule has 0 saturated heterocycles. The topological polar surface area (TPSA) is 52.7 Å². The second-order valence-corrected chi connectivity index (χ2v) is 9.96. The molecule has 1 heterocycles. The Bertz CT molecular complexity index is 1210. The summed E-state index contributed by atoms with van der Waals surface area (Å²) in [4.78, 5) is 30.2. The number of hydrogen-bond acceptors (Lipinski definition) is 3. The molecular formula is C27H27F6N3O2S. The first-order valence-corrected chi connectivity index (χ1v) is 12.9. The van der Waals surface area contributed by atoms with Crippen molar-refractivity contribution in [3.8, 4) is 0 Å². The van der Waals surface area contributed by atoms with Gasteiger partial charge in [-0.2, -0.15) is 26.3 Å². The summed E-state index contributed by atoms with van der Waals surface area (Å²) in [5.41, 5.74) is -2.93. The standard InChI is InChI=1S/C27H27F6N3O2S/c1-3-18(2)36(25(38)34-22-13-20(26(28,29)30)12-21(14-22)27(31,32)33)17-24(37)35(16-23-10-7-11-39-23)15-19-8-5-4-6-9-19/h4-14,18H,3,15-17H2,1-2H3,(H,34,38). The zero-order valence-corrected chi connectivity index (χ0v) is 22.0. The summed E-state index contributed by atoms with van der Waals surface area (Å²) in [6, 6.07) is 12.2. The highest BCUT2D eigenvalue weighted by Crippen LogP contribution is 2.37. The van der Waals surface area contributed by atoms with Crippen molar-refractivity contribution in [2.75, 3.05) is 11.9 Å². The Morgan fingerprint density at radius 3 is 2.03 bits per heavy atom. The maximum atomic E-state index is 13.4. The molecule has 0 spiro atoms. The highest BCUT2D eigenvalue weighted by atomic mass is 32.1. The second-order valence-electron chi connectivity index (χ2n) is 8.92. The van der Waals surface area contributed by atoms with Gasteiger partial charge in [-0.3, -0.25) is 4.79 Å². The lowest BCUT2D eigenvalue weighted by Gasteiger charge is -2.31. The summed E-state index contributed by atoms with van der Waals surface area (Å²) in [6.07, 6.45) is -9.74. The van der Waals surface area contributed by atoms with Gasteiger partial charge in [-0.05, 0) is 48.6 Å². The summed E-state index contributed by atoms with van der Waals surface area (Å²) in [7, 11) is 0. The van der Waals surface area contributed by atoms with Crippen molar-refractivity contribution in [3.05, 3.63) is 87.6 Å². The summed E-state index contributed by atoms with van der Waals surface area (Å²) in [5, 5.41) is 4.00. The normalized spacial score (nSPS) is 12.6. The Morgan fingerprint density at radius 2 is 1.51 bits per heavy atom. The molecule has 1 N–H and O–H groups in total. The zero-order valence-electron chi connectivity index (χ0n) is 21.1. The van der Waals surface area contributed by atoms with E-state index >= 15 is 0 Å². The van der Waals surface area contributed by atoms with Gasteiger partial charge in [-0.15, -0.1) is 11.3 Å². The number of nitrogens with one attached hydrogen (secondary N) is 1. The van der Waals surface area contributed by atoms with Crippen molar-refractivity contribution in [2.24, 2.45) is 0 Å². The minimum atomic E-state index is -5.06. The molecule has 39 heavy (non-hydrogen) atoms. The van der Waals surface area contributed by atoms with Crippen LogP contribution in [-0.2, 0) is 30.2 Å². The third kappa shape index (κ3) is 8.47. The van der Waals surface area contributed by atoms with Gasteiger partial charge in [-0.25, -0.2) is 4.79 Å². The summed E-state index contributed by atoms with van der Waals surface area (Å²) in [6.45, 7) is 3.47. The minimum absolute atomic E-state index is 0.0162. The number of urea groups is 1. The molecule has 1 aromatic heterocycles. The lowest BCUT2D eigenvalue weighted by Crippen LogP contribution is -2.47. The highest BCUT2D eigenvalue weighted by Gasteiger charge is 2.37. The van der Waals surface area contributed by atoms with Gasteiger partial charge in [0.15, 0.2) is 0 Å². The van der Waals surface area contributed by atoms with E-state index in [1.807, 2.05) is 47.8 Å². The fraction of sp³-hybridized carbons (Fsp3) is 0.333. The number of carbonyl (C=O) groups excluding carboxylic acids is 2. The van der Waals surface area contributed by atoms with E-state index < -0.39 is 53.7 Å². The van der Waals surface area contributed by atoms with Crippen molar-refractivity contribution in [1.29, 1.82) is 0 Å². The lowest BCUT2D eigenvalue weighted by atomic mass is 10.1. The number of hydrogen-bond donors (Lipinski definition) is 1. The largest absolute Gasteiger partial charge is 0.416 e. The number of rotatable bonds is 9. The first-order valence-electron chi connectivity index (χ1n) is 12.0. The molecule has 1 unspecified atom stereocenters. The van der Waals surface area contributed by atoms with Gasteiger partial charge in [0, 0.05) is 23.2 Å². The molecule has 0 aliphatic carbocycles. The van der Waals surface area contributed by atoms with Crippen LogP contribution in [-0.4, -0.2) is 34.3 Å². The molecule has 210 valence electrons. The number of halogens is 6. The third-order valence-electron chi connectivity index (χ3n) is 6.02. The van der Waals surface area contributed by atoms with E-state index in [2.05, 4.69) is 5.32 Å². The average Bonchev–Trinajstić information content (AvgIpc) is 3.39. The monoisotopic (exact) mass is 571 g/mol. The smallest absolute Gasteiger partial charge is 0.332 e. The summed E-state index contributed by atoms with van der Waals surface area (Å²) in [5.74, 6) is -0.428. The van der Waals surface area contributed by atoms with E-state index in [0.29, 0.717) is 18.6 Å². The van der Waals surface area contributed by atoms with Crippen LogP contribution in [0.2, 0.25) is 0 Å². The zero-order chi connectivity index (χ0) is 28.8. The number of carbonyl (C=O) groups is 2. The molecule has 0 bridgehead atoms. The van der Waals surface area contributed by atoms with Crippen LogP contribution < -0.4 is 5.32 Å². The molecule has 0 aliphatic rings. The molecule has 3 rings (SSSR count). The van der Waals surface area contributed by atoms with E-state index in [9.17, 15) is 35.9 Å². The molecule has 0 saturated carbocycles. The van der Waals surface area contributed by atoms with Crippen molar-refractivity contribution in [1.82, 2.24) is 9.80 Å². The Hall–Kier alpha value is -3.54. The van der Waals surface area contributed by atoms with Crippen LogP contribution in [0.15, 0.2) is 66.0 Å². The first kappa shape index (κ1) is 30.0. The number of anilines is 1. The van der Waals surface area contributed by atoms with Gasteiger partial charge in [0.1, 0.15) is 6.54 Å². The van der Waals surface area contributed by atoms with Crippen molar-refractivity contribution >= 4 is 29.0 Å². The fourth-order valence-electron chi connectivity index (χ4n) is 3.74. The molecule has 5 nitrogen and oxygen atoms in total. The van der Waals surface area contributed by atoms with E-state index in [-0.39, 0.29) is 19.2 Å². The van der Waals surface area contributed by atoms with E-state index in [0.717, 1.165) is 15.3 Å². The van der Waals surface area contributed by atoms with Crippen molar-refractivity contribution in [3.63, 3.8) is 0 Å². The predicted molar refractivity (Wildman–Crippen MR) is 137 cm³/mol. The van der Waals surface area contributed by atoms with E-state index in [1.54, 1.807) is 18.7 Å². The Morgan fingerprint density at radius 1 is 0.897 bits per heavy atom. The van der Waals surface area contributed by atoms with Crippen molar-refractivity contribution < 1.29 is 35.9 Å². The third-order valence-corrected chi connectivity index (χ3v) is 6.89. The van der Waals surface area contributed by atoms with Gasteiger partial charge in [0.05, 0.1) is 17.7 Å². The van der Waals surface area contributed by atoms with Gasteiger partial charge >= 0.3 is 18.4 Å². The molecule has 3 amide bonds. The molecule has 0 aliphatic heterocycles. The number of alkyl halides is 6. The summed E-state index contributed by atoms with van der Waals surface area (Å²) >= 11 is 1.45. The maximum Gasteiger partial charge on any atom is 0.416 e. The maximum absolute atomic E-state index is 13.4. The SMILES string of the molecule is CCC(C)N(CC(=O)N(Cc1ccccc1)Cc1cccs1)C(=O)Nc1cc(C(F)(F)F)cc(C(F)(F)F)c1. The molecular weight excluding hydrogens is 544 g/mol. The quantitative estimate of drug-likeness (QED) is 0.268. The van der Waals surface area contributed by atoms with Crippen LogP contribution in [0.4, 0.5) is 36.8 Å². The van der Waals surface area contributed by atoms with Crippen LogP contribution in [0.25, 0.3) is 0 Å². The van der Waals surface area contributed by atoms with Crippen LogP contribution in [0.5, 0.6) is 0 Å². The Labute approximate surface area is 226 Å². The van der Waals surface area contributed by atoms with E-state index in [1.165, 1.54) is 11.3 Å². The van der Waals surface area contributed by atoms with Gasteiger partial charge in [0.2, 0.25) is 5.91 Å². The molecule has 12 heteroatoms. The Balaban J connectivity index is 1.86. The van der Waals surface area contributed by atoms with Crippen molar-refractivity contribution in [2.45, 2.75) is 51.8 Å². The number of thiophene rings is 1. The van der Waals surface area contributed by atoms with Crippen LogP contribution in [0, 0.1) is 0 Å². The molecule has 3 aromatic rings. The van der Waals surface area contributed by atoms with Crippen LogP contribution in [0.1, 0.15) is 41.8 Å². The number of amides is 3. The second kappa shape index (κ2) is 12.5. The van der Waals surface area contributed by atoms with Gasteiger partial charge in [-0.1, -0.05) is 43.3 Å². The average molecular weight is 572 g/mol. The van der Waals surface area contributed by atoms with Crippen LogP contribution in [0.3, 0.4) is 0 Å².